The average molecular weight is 375 g/mol. The Labute approximate surface area is 165 Å². The number of carbonyl (C=O) groups excluding carboxylic acids is 1. The zero-order chi connectivity index (χ0) is 19.9. The van der Waals surface area contributed by atoms with Crippen LogP contribution in [0.2, 0.25) is 0 Å². The maximum absolute atomic E-state index is 12.4. The second kappa shape index (κ2) is 8.99. The Morgan fingerprint density at radius 2 is 1.79 bits per heavy atom. The van der Waals surface area contributed by atoms with Crippen LogP contribution in [0, 0.1) is 6.92 Å². The third-order valence-corrected chi connectivity index (χ3v) is 4.69. The lowest BCUT2D eigenvalue weighted by Crippen LogP contribution is -2.21. The van der Waals surface area contributed by atoms with Gasteiger partial charge in [-0.2, -0.15) is 10.2 Å². The van der Waals surface area contributed by atoms with Crippen LogP contribution in [-0.4, -0.2) is 35.4 Å². The molecule has 6 nitrogen and oxygen atoms in total. The fourth-order valence-electron chi connectivity index (χ4n) is 3.08. The number of aromatic nitrogens is 2. The Balaban J connectivity index is 1.65. The quantitative estimate of drug-likeness (QED) is 0.484. The van der Waals surface area contributed by atoms with E-state index in [2.05, 4.69) is 51.6 Å². The van der Waals surface area contributed by atoms with Crippen molar-refractivity contribution < 1.29 is 4.79 Å². The van der Waals surface area contributed by atoms with Gasteiger partial charge in [0, 0.05) is 29.9 Å². The lowest BCUT2D eigenvalue weighted by Gasteiger charge is -2.20. The van der Waals surface area contributed by atoms with E-state index >= 15 is 0 Å². The third kappa shape index (κ3) is 4.28. The first-order valence-electron chi connectivity index (χ1n) is 9.42. The maximum atomic E-state index is 12.4. The molecule has 6 heteroatoms. The molecule has 2 aromatic carbocycles. The second-order valence-electron chi connectivity index (χ2n) is 6.40. The third-order valence-electron chi connectivity index (χ3n) is 4.69. The largest absolute Gasteiger partial charge is 0.372 e. The van der Waals surface area contributed by atoms with Gasteiger partial charge in [0.2, 0.25) is 0 Å². The van der Waals surface area contributed by atoms with E-state index in [4.69, 9.17) is 0 Å². The number of rotatable bonds is 7. The number of aromatic amines is 1. The van der Waals surface area contributed by atoms with Crippen molar-refractivity contribution in [1.82, 2.24) is 15.6 Å². The highest BCUT2D eigenvalue weighted by atomic mass is 16.2. The molecule has 3 rings (SSSR count). The molecule has 0 unspecified atom stereocenters. The average Bonchev–Trinajstić information content (AvgIpc) is 3.12. The number of nitrogens with one attached hydrogen (secondary N) is 2. The maximum Gasteiger partial charge on any atom is 0.289 e. The predicted octanol–water partition coefficient (Wildman–Crippen LogP) is 4.00. The number of hydrogen-bond donors (Lipinski definition) is 2. The van der Waals surface area contributed by atoms with E-state index in [-0.39, 0.29) is 5.91 Å². The summed E-state index contributed by atoms with van der Waals surface area (Å²) in [7, 11) is 0. The fourth-order valence-corrected chi connectivity index (χ4v) is 3.08. The van der Waals surface area contributed by atoms with Crippen LogP contribution in [0.3, 0.4) is 0 Å². The highest BCUT2D eigenvalue weighted by Gasteiger charge is 2.16. The van der Waals surface area contributed by atoms with Crippen molar-refractivity contribution in [3.8, 4) is 11.3 Å². The van der Waals surface area contributed by atoms with Gasteiger partial charge in [0.05, 0.1) is 11.9 Å². The minimum atomic E-state index is -0.316. The van der Waals surface area contributed by atoms with Crippen molar-refractivity contribution in [2.45, 2.75) is 20.8 Å². The van der Waals surface area contributed by atoms with Gasteiger partial charge in [-0.1, -0.05) is 42.5 Å². The lowest BCUT2D eigenvalue weighted by atomic mass is 10.1. The number of H-pyrrole nitrogens is 1. The fraction of sp³-hybridized carbons (Fsp3) is 0.227. The minimum absolute atomic E-state index is 0.316. The Morgan fingerprint density at radius 3 is 2.43 bits per heavy atom. The Morgan fingerprint density at radius 1 is 1.11 bits per heavy atom. The molecule has 2 N–H and O–H groups in total. The van der Waals surface area contributed by atoms with Crippen LogP contribution in [-0.2, 0) is 0 Å². The number of benzene rings is 2. The van der Waals surface area contributed by atoms with Crippen LogP contribution in [0.15, 0.2) is 59.7 Å². The van der Waals surface area contributed by atoms with E-state index in [1.807, 2.05) is 49.4 Å². The summed E-state index contributed by atoms with van der Waals surface area (Å²) in [6, 6.07) is 17.8. The molecule has 1 amide bonds. The molecule has 0 aliphatic rings. The summed E-state index contributed by atoms with van der Waals surface area (Å²) in [5.74, 6) is -0.316. The van der Waals surface area contributed by atoms with Gasteiger partial charge in [0.25, 0.3) is 5.91 Å². The van der Waals surface area contributed by atoms with Crippen LogP contribution >= 0.6 is 0 Å². The van der Waals surface area contributed by atoms with Crippen LogP contribution in [0.4, 0.5) is 5.69 Å². The first kappa shape index (κ1) is 19.4. The first-order chi connectivity index (χ1) is 13.6. The van der Waals surface area contributed by atoms with E-state index in [0.717, 1.165) is 35.5 Å². The van der Waals surface area contributed by atoms with Crippen molar-refractivity contribution in [3.05, 3.63) is 71.4 Å². The molecule has 28 heavy (non-hydrogen) atoms. The van der Waals surface area contributed by atoms with Crippen molar-refractivity contribution in [3.63, 3.8) is 0 Å². The molecule has 0 fully saturated rings. The van der Waals surface area contributed by atoms with Gasteiger partial charge in [-0.15, -0.1) is 0 Å². The monoisotopic (exact) mass is 375 g/mol. The van der Waals surface area contributed by atoms with Gasteiger partial charge in [-0.05, 0) is 38.5 Å². The number of hydrogen-bond acceptors (Lipinski definition) is 4. The summed E-state index contributed by atoms with van der Waals surface area (Å²) in [5, 5.41) is 11.2. The van der Waals surface area contributed by atoms with Gasteiger partial charge < -0.3 is 4.90 Å². The lowest BCUT2D eigenvalue weighted by molar-refractivity contribution is 0.0949. The Bertz CT molecular complexity index is 941. The van der Waals surface area contributed by atoms with Crippen LogP contribution in [0.25, 0.3) is 11.3 Å². The molecule has 1 heterocycles. The number of nitrogens with zero attached hydrogens (tertiary/aromatic N) is 3. The molecule has 0 aliphatic carbocycles. The summed E-state index contributed by atoms with van der Waals surface area (Å²) >= 11 is 0. The summed E-state index contributed by atoms with van der Waals surface area (Å²) < 4.78 is 0. The van der Waals surface area contributed by atoms with E-state index in [1.54, 1.807) is 6.21 Å². The molecule has 0 saturated heterocycles. The summed E-state index contributed by atoms with van der Waals surface area (Å²) in [6.07, 6.45) is 1.63. The van der Waals surface area contributed by atoms with Crippen LogP contribution < -0.4 is 10.3 Å². The van der Waals surface area contributed by atoms with E-state index in [9.17, 15) is 4.79 Å². The second-order valence-corrected chi connectivity index (χ2v) is 6.40. The molecule has 144 valence electrons. The van der Waals surface area contributed by atoms with Gasteiger partial charge in [0.15, 0.2) is 0 Å². The smallest absolute Gasteiger partial charge is 0.289 e. The van der Waals surface area contributed by atoms with Crippen LogP contribution in [0.5, 0.6) is 0 Å². The predicted molar refractivity (Wildman–Crippen MR) is 114 cm³/mol. The zero-order valence-corrected chi connectivity index (χ0v) is 16.4. The highest BCUT2D eigenvalue weighted by Crippen LogP contribution is 2.22. The minimum Gasteiger partial charge on any atom is -0.372 e. The standard InChI is InChI=1S/C22H25N5O/c1-4-27(5-2)19-13-11-17(12-14-19)15-23-26-22(28)21-16(3)20(24-25-21)18-9-7-6-8-10-18/h6-15H,4-5H2,1-3H3,(H,24,25)(H,26,28)/b23-15+. The highest BCUT2D eigenvalue weighted by molar-refractivity contribution is 5.96. The van der Waals surface area contributed by atoms with E-state index < -0.39 is 0 Å². The zero-order valence-electron chi connectivity index (χ0n) is 16.4. The van der Waals surface area contributed by atoms with Gasteiger partial charge >= 0.3 is 0 Å². The van der Waals surface area contributed by atoms with Crippen molar-refractivity contribution >= 4 is 17.8 Å². The number of carbonyl (C=O) groups is 1. The normalized spacial score (nSPS) is 11.0. The molecular weight excluding hydrogens is 350 g/mol. The SMILES string of the molecule is CCN(CC)c1ccc(/C=N/NC(=O)c2[nH]nc(-c3ccccc3)c2C)cc1. The molecule has 0 spiro atoms. The molecule has 0 atom stereocenters. The van der Waals surface area contributed by atoms with Crippen LogP contribution in [0.1, 0.15) is 35.5 Å². The Kier molecular flexibility index (Phi) is 6.22. The molecular formula is C22H25N5O. The Hall–Kier alpha value is -3.41. The molecule has 0 bridgehead atoms. The number of hydrazone groups is 1. The molecule has 1 aromatic heterocycles. The summed E-state index contributed by atoms with van der Waals surface area (Å²) in [5.41, 5.74) is 7.59. The van der Waals surface area contributed by atoms with Gasteiger partial charge in [-0.25, -0.2) is 5.43 Å². The van der Waals surface area contributed by atoms with E-state index in [0.29, 0.717) is 5.69 Å². The van der Waals surface area contributed by atoms with Crippen molar-refractivity contribution in [1.29, 1.82) is 0 Å². The molecule has 0 saturated carbocycles. The van der Waals surface area contributed by atoms with Crippen molar-refractivity contribution in [2.24, 2.45) is 5.10 Å². The summed E-state index contributed by atoms with van der Waals surface area (Å²) in [4.78, 5) is 14.7. The number of anilines is 1. The summed E-state index contributed by atoms with van der Waals surface area (Å²) in [6.45, 7) is 8.07. The van der Waals surface area contributed by atoms with Gasteiger partial charge in [0.1, 0.15) is 5.69 Å². The molecule has 0 radical (unpaired) electrons. The van der Waals surface area contributed by atoms with Crippen molar-refractivity contribution in [2.75, 3.05) is 18.0 Å². The van der Waals surface area contributed by atoms with E-state index in [1.165, 1.54) is 5.69 Å². The topological polar surface area (TPSA) is 73.4 Å². The van der Waals surface area contributed by atoms with Gasteiger partial charge in [-0.3, -0.25) is 9.89 Å². The number of amides is 1. The molecule has 3 aromatic rings. The first-order valence-corrected chi connectivity index (χ1v) is 9.42. The molecule has 0 aliphatic heterocycles.